The van der Waals surface area contributed by atoms with Crippen LogP contribution >= 0.6 is 11.6 Å². The normalized spacial score (nSPS) is 17.8. The molecule has 3 aromatic rings. The van der Waals surface area contributed by atoms with Crippen molar-refractivity contribution >= 4 is 23.3 Å². The summed E-state index contributed by atoms with van der Waals surface area (Å²) in [6.45, 7) is 1.93. The predicted molar refractivity (Wildman–Crippen MR) is 89.4 cm³/mol. The summed E-state index contributed by atoms with van der Waals surface area (Å²) in [6.07, 6.45) is 3.75. The third-order valence-corrected chi connectivity index (χ3v) is 4.16. The van der Waals surface area contributed by atoms with Crippen LogP contribution in [0, 0.1) is 0 Å². The largest absolute Gasteiger partial charge is 0.448 e. The second-order valence-corrected chi connectivity index (χ2v) is 6.09. The van der Waals surface area contributed by atoms with Crippen LogP contribution in [0.3, 0.4) is 0 Å². The second-order valence-electron chi connectivity index (χ2n) is 5.66. The number of oxazole rings is 1. The van der Waals surface area contributed by atoms with Crippen LogP contribution in [0.25, 0.3) is 11.6 Å². The Morgan fingerprint density at radius 3 is 2.88 bits per heavy atom. The summed E-state index contributed by atoms with van der Waals surface area (Å²) in [7, 11) is 0. The molecular weight excluding hydrogens is 330 g/mol. The molecule has 2 aromatic heterocycles. The van der Waals surface area contributed by atoms with Crippen LogP contribution in [0.5, 0.6) is 0 Å². The molecule has 1 atom stereocenters. The average Bonchev–Trinajstić information content (AvgIpc) is 3.27. The van der Waals surface area contributed by atoms with Crippen LogP contribution in [-0.4, -0.2) is 28.3 Å². The van der Waals surface area contributed by atoms with Crippen molar-refractivity contribution < 1.29 is 8.83 Å². The molecule has 4 rings (SSSR count). The fourth-order valence-electron chi connectivity index (χ4n) is 2.67. The highest BCUT2D eigenvalue weighted by Gasteiger charge is 2.22. The monoisotopic (exact) mass is 345 g/mol. The lowest BCUT2D eigenvalue weighted by Crippen LogP contribution is -2.28. The van der Waals surface area contributed by atoms with Gasteiger partial charge in [-0.25, -0.2) is 4.98 Å². The van der Waals surface area contributed by atoms with Crippen LogP contribution in [0.1, 0.15) is 24.7 Å². The number of nitrogens with zero attached hydrogens (tertiary/aromatic N) is 3. The van der Waals surface area contributed by atoms with Gasteiger partial charge in [-0.2, -0.15) is 0 Å². The first-order valence-corrected chi connectivity index (χ1v) is 8.18. The molecule has 1 aromatic carbocycles. The molecule has 0 saturated carbocycles. The van der Waals surface area contributed by atoms with Gasteiger partial charge in [0, 0.05) is 23.2 Å². The number of nitrogens with one attached hydrogen (secondary N) is 2. The van der Waals surface area contributed by atoms with E-state index in [0.717, 1.165) is 31.6 Å². The minimum Gasteiger partial charge on any atom is -0.448 e. The van der Waals surface area contributed by atoms with Gasteiger partial charge in [0.2, 0.25) is 0 Å². The van der Waals surface area contributed by atoms with Gasteiger partial charge in [0.15, 0.2) is 11.6 Å². The lowest BCUT2D eigenvalue weighted by molar-refractivity contribution is 0.376. The Kier molecular flexibility index (Phi) is 4.18. The van der Waals surface area contributed by atoms with Crippen molar-refractivity contribution in [1.29, 1.82) is 0 Å². The van der Waals surface area contributed by atoms with E-state index in [2.05, 4.69) is 25.8 Å². The Morgan fingerprint density at radius 1 is 1.21 bits per heavy atom. The summed E-state index contributed by atoms with van der Waals surface area (Å²) in [4.78, 5) is 4.49. The molecular formula is C16H16ClN5O2. The Hall–Kier alpha value is -2.38. The van der Waals surface area contributed by atoms with Crippen molar-refractivity contribution in [1.82, 2.24) is 20.5 Å². The summed E-state index contributed by atoms with van der Waals surface area (Å²) in [5.41, 5.74) is 1.36. The number of hydrogen-bond donors (Lipinski definition) is 2. The summed E-state index contributed by atoms with van der Waals surface area (Å²) in [5, 5.41) is 15.0. The van der Waals surface area contributed by atoms with Crippen molar-refractivity contribution in [3.05, 3.63) is 41.4 Å². The Bertz CT molecular complexity index is 808. The van der Waals surface area contributed by atoms with Crippen LogP contribution in [0.4, 0.5) is 11.7 Å². The van der Waals surface area contributed by atoms with Crippen molar-refractivity contribution in [3.63, 3.8) is 0 Å². The zero-order valence-corrected chi connectivity index (χ0v) is 13.6. The molecule has 1 aliphatic heterocycles. The molecule has 2 N–H and O–H groups in total. The number of piperidine rings is 1. The zero-order valence-electron chi connectivity index (χ0n) is 12.8. The van der Waals surface area contributed by atoms with Crippen molar-refractivity contribution in [2.75, 3.05) is 18.4 Å². The molecule has 0 bridgehead atoms. The second kappa shape index (κ2) is 6.62. The number of anilines is 2. The molecule has 1 saturated heterocycles. The molecule has 1 fully saturated rings. The van der Waals surface area contributed by atoms with Crippen LogP contribution in [-0.2, 0) is 0 Å². The first kappa shape index (κ1) is 15.2. The number of aromatic nitrogens is 3. The molecule has 7 nitrogen and oxygen atoms in total. The van der Waals surface area contributed by atoms with E-state index >= 15 is 0 Å². The van der Waals surface area contributed by atoms with Gasteiger partial charge < -0.3 is 19.5 Å². The minimum absolute atomic E-state index is 0.288. The Morgan fingerprint density at radius 2 is 2.08 bits per heavy atom. The maximum Gasteiger partial charge on any atom is 0.320 e. The van der Waals surface area contributed by atoms with E-state index in [-0.39, 0.29) is 6.01 Å². The molecule has 1 unspecified atom stereocenters. The molecule has 0 amide bonds. The average molecular weight is 346 g/mol. The number of rotatable bonds is 4. The molecule has 0 radical (unpaired) electrons. The van der Waals surface area contributed by atoms with Gasteiger partial charge in [-0.15, -0.1) is 5.10 Å². The molecule has 8 heteroatoms. The van der Waals surface area contributed by atoms with Crippen molar-refractivity contribution in [3.8, 4) is 11.6 Å². The summed E-state index contributed by atoms with van der Waals surface area (Å²) in [5.74, 6) is 1.33. The van der Waals surface area contributed by atoms with Gasteiger partial charge in [0.05, 0.1) is 0 Å². The van der Waals surface area contributed by atoms with Crippen LogP contribution < -0.4 is 10.6 Å². The van der Waals surface area contributed by atoms with Gasteiger partial charge in [-0.1, -0.05) is 16.7 Å². The lowest BCUT2D eigenvalue weighted by atomic mass is 10.00. The molecule has 0 spiro atoms. The predicted octanol–water partition coefficient (Wildman–Crippen LogP) is 3.59. The molecule has 0 aliphatic carbocycles. The maximum absolute atomic E-state index is 5.86. The van der Waals surface area contributed by atoms with Crippen molar-refractivity contribution in [2.45, 2.75) is 18.8 Å². The molecule has 124 valence electrons. The number of benzene rings is 1. The van der Waals surface area contributed by atoms with Crippen molar-refractivity contribution in [2.24, 2.45) is 0 Å². The topological polar surface area (TPSA) is 89.0 Å². The summed E-state index contributed by atoms with van der Waals surface area (Å²) in [6, 6.07) is 7.51. The molecule has 3 heterocycles. The van der Waals surface area contributed by atoms with E-state index in [1.165, 1.54) is 0 Å². The number of halogens is 1. The van der Waals surface area contributed by atoms with E-state index in [9.17, 15) is 0 Å². The summed E-state index contributed by atoms with van der Waals surface area (Å²) >= 11 is 5.86. The van der Waals surface area contributed by atoms with Crippen LogP contribution in [0.15, 0.2) is 39.4 Å². The van der Waals surface area contributed by atoms with Gasteiger partial charge >= 0.3 is 6.01 Å². The third kappa shape index (κ3) is 3.27. The van der Waals surface area contributed by atoms with Gasteiger partial charge in [0.1, 0.15) is 6.26 Å². The Balaban J connectivity index is 1.48. The van der Waals surface area contributed by atoms with Gasteiger partial charge in [0.25, 0.3) is 5.89 Å². The minimum atomic E-state index is 0.288. The van der Waals surface area contributed by atoms with E-state index in [0.29, 0.717) is 28.4 Å². The standard InChI is InChI=1S/C16H16ClN5O2/c17-11-3-5-12(6-4-11)19-16-22-21-15(24-16)13-9-23-14(20-13)10-2-1-7-18-8-10/h3-6,9-10,18H,1-2,7-8H2,(H,19,22). The van der Waals surface area contributed by atoms with E-state index in [4.69, 9.17) is 20.4 Å². The fraction of sp³-hybridized carbons (Fsp3) is 0.312. The van der Waals surface area contributed by atoms with Gasteiger partial charge in [-0.3, -0.25) is 0 Å². The maximum atomic E-state index is 5.86. The van der Waals surface area contributed by atoms with Crippen LogP contribution in [0.2, 0.25) is 5.02 Å². The lowest BCUT2D eigenvalue weighted by Gasteiger charge is -2.19. The highest BCUT2D eigenvalue weighted by molar-refractivity contribution is 6.30. The third-order valence-electron chi connectivity index (χ3n) is 3.91. The quantitative estimate of drug-likeness (QED) is 0.746. The first-order valence-electron chi connectivity index (χ1n) is 7.80. The van der Waals surface area contributed by atoms with E-state index in [1.807, 2.05) is 12.1 Å². The van der Waals surface area contributed by atoms with Gasteiger partial charge in [-0.05, 0) is 43.7 Å². The first-order chi connectivity index (χ1) is 11.8. The smallest absolute Gasteiger partial charge is 0.320 e. The fourth-order valence-corrected chi connectivity index (χ4v) is 2.80. The zero-order chi connectivity index (χ0) is 16.4. The Labute approximate surface area is 143 Å². The highest BCUT2D eigenvalue weighted by atomic mass is 35.5. The molecule has 24 heavy (non-hydrogen) atoms. The van der Waals surface area contributed by atoms with E-state index in [1.54, 1.807) is 18.4 Å². The summed E-state index contributed by atoms with van der Waals surface area (Å²) < 4.78 is 11.2. The SMILES string of the molecule is Clc1ccc(Nc2nnc(-c3coc(C4CCCNC4)n3)o2)cc1. The number of hydrogen-bond acceptors (Lipinski definition) is 7. The molecule has 1 aliphatic rings. The van der Waals surface area contributed by atoms with E-state index < -0.39 is 0 Å². The highest BCUT2D eigenvalue weighted by Crippen LogP contribution is 2.27.